The van der Waals surface area contributed by atoms with Crippen LogP contribution in [0.25, 0.3) is 0 Å². The summed E-state index contributed by atoms with van der Waals surface area (Å²) in [4.78, 5) is 29.9. The van der Waals surface area contributed by atoms with Gasteiger partial charge in [0.2, 0.25) is 0 Å². The average Bonchev–Trinajstić information content (AvgIpc) is 2.65. The van der Waals surface area contributed by atoms with Crippen LogP contribution in [-0.2, 0) is 14.4 Å². The SMILES string of the molecule is C=C(C)C(=O)OCCNC(=O)NC1CC(C)(C)N(OCCCCCCCC)C(C)(C)C1. The number of esters is 1. The standard InChI is InChI=1S/C24H45N3O4/c1-8-9-10-11-12-13-15-31-27-23(4,5)17-20(18-24(27,6)7)26-22(29)25-14-16-30-21(28)19(2)3/h20H,2,8-18H2,1,3-7H3,(H2,25,26,29). The lowest BCUT2D eigenvalue weighted by molar-refractivity contribution is -0.284. The highest BCUT2D eigenvalue weighted by atomic mass is 16.7. The highest BCUT2D eigenvalue weighted by molar-refractivity contribution is 5.86. The molecule has 1 rings (SSSR count). The van der Waals surface area contributed by atoms with E-state index in [1.54, 1.807) is 6.92 Å². The van der Waals surface area contributed by atoms with Gasteiger partial charge >= 0.3 is 12.0 Å². The van der Waals surface area contributed by atoms with E-state index in [0.29, 0.717) is 5.57 Å². The van der Waals surface area contributed by atoms with Crippen LogP contribution in [0.1, 0.15) is 92.9 Å². The molecule has 0 unspecified atom stereocenters. The predicted octanol–water partition coefficient (Wildman–Crippen LogP) is 4.72. The van der Waals surface area contributed by atoms with Gasteiger partial charge in [-0.3, -0.25) is 4.84 Å². The second-order valence-corrected chi connectivity index (χ2v) is 9.94. The number of urea groups is 1. The zero-order valence-corrected chi connectivity index (χ0v) is 20.6. The normalized spacial score (nSPS) is 18.4. The number of hydrogen-bond donors (Lipinski definition) is 2. The number of nitrogens with zero attached hydrogens (tertiary/aromatic N) is 1. The number of unbranched alkanes of at least 4 members (excludes halogenated alkanes) is 5. The van der Waals surface area contributed by atoms with Gasteiger partial charge < -0.3 is 15.4 Å². The number of nitrogens with one attached hydrogen (secondary N) is 2. The van der Waals surface area contributed by atoms with Gasteiger partial charge in [0.05, 0.1) is 13.2 Å². The first kappa shape index (κ1) is 27.4. The van der Waals surface area contributed by atoms with E-state index in [2.05, 4.69) is 56.9 Å². The third-order valence-electron chi connectivity index (χ3n) is 5.61. The molecule has 0 radical (unpaired) electrons. The van der Waals surface area contributed by atoms with Gasteiger partial charge in [0.25, 0.3) is 0 Å². The molecule has 0 bridgehead atoms. The summed E-state index contributed by atoms with van der Waals surface area (Å²) in [6, 6.07) is -0.207. The number of hydrogen-bond acceptors (Lipinski definition) is 5. The largest absolute Gasteiger partial charge is 0.460 e. The number of carbonyl (C=O) groups is 2. The number of piperidine rings is 1. The molecule has 1 heterocycles. The molecule has 7 heteroatoms. The van der Waals surface area contributed by atoms with E-state index in [4.69, 9.17) is 9.57 Å². The van der Waals surface area contributed by atoms with Gasteiger partial charge in [-0.2, -0.15) is 5.06 Å². The van der Waals surface area contributed by atoms with Gasteiger partial charge in [0.15, 0.2) is 0 Å². The summed E-state index contributed by atoms with van der Waals surface area (Å²) >= 11 is 0. The van der Waals surface area contributed by atoms with Crippen LogP contribution < -0.4 is 10.6 Å². The van der Waals surface area contributed by atoms with Crippen LogP contribution in [0.15, 0.2) is 12.2 Å². The Bertz CT molecular complexity index is 571. The van der Waals surface area contributed by atoms with Crippen molar-refractivity contribution >= 4 is 12.0 Å². The molecule has 180 valence electrons. The van der Waals surface area contributed by atoms with Crippen molar-refractivity contribution in [2.45, 2.75) is 110 Å². The Labute approximate surface area is 189 Å². The van der Waals surface area contributed by atoms with E-state index >= 15 is 0 Å². The quantitative estimate of drug-likeness (QED) is 0.247. The lowest BCUT2D eigenvalue weighted by Gasteiger charge is -2.53. The molecular formula is C24H45N3O4. The van der Waals surface area contributed by atoms with Crippen molar-refractivity contribution in [3.8, 4) is 0 Å². The molecule has 0 aromatic heterocycles. The van der Waals surface area contributed by atoms with Crippen molar-refractivity contribution in [1.29, 1.82) is 0 Å². The fourth-order valence-corrected chi connectivity index (χ4v) is 4.42. The molecule has 0 aromatic carbocycles. The van der Waals surface area contributed by atoms with Crippen molar-refractivity contribution in [2.24, 2.45) is 0 Å². The summed E-state index contributed by atoms with van der Waals surface area (Å²) in [7, 11) is 0. The molecule has 0 spiro atoms. The lowest BCUT2D eigenvalue weighted by atomic mass is 9.79. The maximum absolute atomic E-state index is 12.3. The van der Waals surface area contributed by atoms with Gasteiger partial charge in [-0.05, 0) is 53.9 Å². The Morgan fingerprint density at radius 1 is 1.00 bits per heavy atom. The van der Waals surface area contributed by atoms with Crippen LogP contribution >= 0.6 is 0 Å². The summed E-state index contributed by atoms with van der Waals surface area (Å²) in [6.45, 7) is 17.1. The van der Waals surface area contributed by atoms with Crippen LogP contribution in [0, 0.1) is 0 Å². The fourth-order valence-electron chi connectivity index (χ4n) is 4.42. The molecule has 0 aromatic rings. The van der Waals surface area contributed by atoms with Gasteiger partial charge in [-0.25, -0.2) is 9.59 Å². The van der Waals surface area contributed by atoms with Gasteiger partial charge in [-0.1, -0.05) is 45.6 Å². The molecule has 0 saturated carbocycles. The molecule has 0 aliphatic carbocycles. The minimum absolute atomic E-state index is 0.0388. The maximum Gasteiger partial charge on any atom is 0.333 e. The molecule has 1 saturated heterocycles. The third-order valence-corrected chi connectivity index (χ3v) is 5.61. The van der Waals surface area contributed by atoms with E-state index in [-0.39, 0.29) is 36.3 Å². The van der Waals surface area contributed by atoms with Crippen LogP contribution in [0.3, 0.4) is 0 Å². The van der Waals surface area contributed by atoms with E-state index < -0.39 is 5.97 Å². The average molecular weight is 440 g/mol. The Balaban J connectivity index is 2.42. The number of amides is 2. The fraction of sp³-hybridized carbons (Fsp3) is 0.833. The molecule has 0 atom stereocenters. The minimum Gasteiger partial charge on any atom is -0.460 e. The third kappa shape index (κ3) is 10.0. The first-order valence-corrected chi connectivity index (χ1v) is 11.8. The monoisotopic (exact) mass is 439 g/mol. The second kappa shape index (κ2) is 13.1. The van der Waals surface area contributed by atoms with E-state index in [0.717, 1.165) is 25.9 Å². The zero-order chi connectivity index (χ0) is 23.5. The highest BCUT2D eigenvalue weighted by Gasteiger charge is 2.46. The van der Waals surface area contributed by atoms with Crippen molar-refractivity contribution in [3.05, 3.63) is 12.2 Å². The minimum atomic E-state index is -0.445. The van der Waals surface area contributed by atoms with Gasteiger partial charge in [0.1, 0.15) is 6.61 Å². The molecule has 2 amide bonds. The van der Waals surface area contributed by atoms with Crippen LogP contribution in [0.2, 0.25) is 0 Å². The van der Waals surface area contributed by atoms with Crippen molar-refractivity contribution in [2.75, 3.05) is 19.8 Å². The van der Waals surface area contributed by atoms with E-state index in [1.165, 1.54) is 32.1 Å². The molecule has 1 aliphatic rings. The predicted molar refractivity (Wildman–Crippen MR) is 125 cm³/mol. The first-order chi connectivity index (χ1) is 14.5. The highest BCUT2D eigenvalue weighted by Crippen LogP contribution is 2.38. The summed E-state index contributed by atoms with van der Waals surface area (Å²) in [6.07, 6.45) is 9.04. The van der Waals surface area contributed by atoms with Crippen LogP contribution in [0.4, 0.5) is 4.79 Å². The summed E-state index contributed by atoms with van der Waals surface area (Å²) in [5.41, 5.74) is -0.0444. The summed E-state index contributed by atoms with van der Waals surface area (Å²) in [5, 5.41) is 7.96. The smallest absolute Gasteiger partial charge is 0.333 e. The molecule has 7 nitrogen and oxygen atoms in total. The summed E-state index contributed by atoms with van der Waals surface area (Å²) in [5.74, 6) is -0.445. The summed E-state index contributed by atoms with van der Waals surface area (Å²) < 4.78 is 4.99. The lowest BCUT2D eigenvalue weighted by Crippen LogP contribution is -2.64. The molecule has 1 aliphatic heterocycles. The molecule has 2 N–H and O–H groups in total. The van der Waals surface area contributed by atoms with Crippen LogP contribution in [-0.4, -0.2) is 53.9 Å². The van der Waals surface area contributed by atoms with E-state index in [1.807, 2.05) is 0 Å². The Morgan fingerprint density at radius 2 is 1.58 bits per heavy atom. The van der Waals surface area contributed by atoms with Crippen LogP contribution in [0.5, 0.6) is 0 Å². The zero-order valence-electron chi connectivity index (χ0n) is 20.6. The van der Waals surface area contributed by atoms with Crippen molar-refractivity contribution in [3.63, 3.8) is 0 Å². The topological polar surface area (TPSA) is 79.9 Å². The Kier molecular flexibility index (Phi) is 11.6. The number of carbonyl (C=O) groups excluding carboxylic acids is 2. The van der Waals surface area contributed by atoms with Crippen molar-refractivity contribution < 1.29 is 19.2 Å². The molecule has 1 fully saturated rings. The number of hydroxylamine groups is 2. The number of ether oxygens (including phenoxy) is 1. The number of rotatable bonds is 13. The second-order valence-electron chi connectivity index (χ2n) is 9.94. The van der Waals surface area contributed by atoms with Crippen molar-refractivity contribution in [1.82, 2.24) is 15.7 Å². The maximum atomic E-state index is 12.3. The molecular weight excluding hydrogens is 394 g/mol. The van der Waals surface area contributed by atoms with E-state index in [9.17, 15) is 9.59 Å². The first-order valence-electron chi connectivity index (χ1n) is 11.8. The molecule has 31 heavy (non-hydrogen) atoms. The van der Waals surface area contributed by atoms with Gasteiger partial charge in [-0.15, -0.1) is 0 Å². The Morgan fingerprint density at radius 3 is 2.16 bits per heavy atom. The van der Waals surface area contributed by atoms with Gasteiger partial charge in [0, 0.05) is 22.7 Å². The Hall–Kier alpha value is -1.60.